The molecule has 1 amide bonds. The van der Waals surface area contributed by atoms with Crippen molar-refractivity contribution in [2.75, 3.05) is 18.6 Å². The molecule has 2 aromatic rings. The average Bonchev–Trinajstić information content (AvgIpc) is 2.54. The quantitative estimate of drug-likeness (QED) is 0.805. The van der Waals surface area contributed by atoms with E-state index in [0.717, 1.165) is 11.0 Å². The van der Waals surface area contributed by atoms with Crippen molar-refractivity contribution in [3.63, 3.8) is 0 Å². The maximum Gasteiger partial charge on any atom is 0.325 e. The Morgan fingerprint density at radius 1 is 1.26 bits per heavy atom. The van der Waals surface area contributed by atoms with Crippen LogP contribution in [0.3, 0.4) is 0 Å². The predicted molar refractivity (Wildman–Crippen MR) is 84.1 cm³/mol. The first kappa shape index (κ1) is 16.9. The molecule has 7 heteroatoms. The summed E-state index contributed by atoms with van der Waals surface area (Å²) in [6.45, 7) is 1.39. The van der Waals surface area contributed by atoms with E-state index in [0.29, 0.717) is 5.69 Å². The van der Waals surface area contributed by atoms with Gasteiger partial charge in [0.1, 0.15) is 18.2 Å². The number of anilines is 1. The van der Waals surface area contributed by atoms with Crippen molar-refractivity contribution in [3.05, 3.63) is 58.5 Å². The summed E-state index contributed by atoms with van der Waals surface area (Å²) in [4.78, 5) is 29.6. The van der Waals surface area contributed by atoms with Crippen LogP contribution >= 0.6 is 11.6 Å². The molecule has 1 aromatic carbocycles. The highest BCUT2D eigenvalue weighted by Gasteiger charge is 2.25. The van der Waals surface area contributed by atoms with Crippen LogP contribution in [-0.2, 0) is 9.53 Å². The Labute approximate surface area is 137 Å². The molecule has 0 fully saturated rings. The number of halogens is 2. The van der Waals surface area contributed by atoms with Crippen molar-refractivity contribution in [3.8, 4) is 0 Å². The van der Waals surface area contributed by atoms with Gasteiger partial charge in [-0.2, -0.15) is 0 Å². The van der Waals surface area contributed by atoms with E-state index in [1.807, 2.05) is 0 Å². The van der Waals surface area contributed by atoms with Crippen LogP contribution in [0.25, 0.3) is 0 Å². The first-order valence-electron chi connectivity index (χ1n) is 6.70. The summed E-state index contributed by atoms with van der Waals surface area (Å²) in [5.74, 6) is -1.74. The van der Waals surface area contributed by atoms with Gasteiger partial charge in [-0.15, -0.1) is 0 Å². The van der Waals surface area contributed by atoms with Crippen LogP contribution in [-0.4, -0.2) is 30.5 Å². The van der Waals surface area contributed by atoms with Gasteiger partial charge in [0.25, 0.3) is 5.91 Å². The lowest BCUT2D eigenvalue weighted by atomic mass is 10.2. The Balaban J connectivity index is 2.46. The van der Waals surface area contributed by atoms with Crippen LogP contribution < -0.4 is 4.90 Å². The summed E-state index contributed by atoms with van der Waals surface area (Å²) in [5.41, 5.74) is 0.606. The maximum absolute atomic E-state index is 13.6. The fourth-order valence-electron chi connectivity index (χ4n) is 1.94. The van der Waals surface area contributed by atoms with Gasteiger partial charge in [-0.05, 0) is 31.2 Å². The molecule has 2 rings (SSSR count). The lowest BCUT2D eigenvalue weighted by Crippen LogP contribution is -2.37. The minimum atomic E-state index is -0.715. The molecule has 1 heterocycles. The summed E-state index contributed by atoms with van der Waals surface area (Å²) < 4.78 is 18.2. The number of aryl methyl sites for hydroxylation is 1. The monoisotopic (exact) mass is 336 g/mol. The largest absolute Gasteiger partial charge is 0.468 e. The number of methoxy groups -OCH3 is 1. The number of amides is 1. The number of hydrogen-bond donors (Lipinski definition) is 0. The molecule has 0 spiro atoms. The van der Waals surface area contributed by atoms with Crippen LogP contribution in [0, 0.1) is 12.7 Å². The molecular formula is C16H14ClFN2O3. The van der Waals surface area contributed by atoms with Crippen LogP contribution in [0.1, 0.15) is 16.1 Å². The van der Waals surface area contributed by atoms with E-state index in [1.54, 1.807) is 25.1 Å². The van der Waals surface area contributed by atoms with Crippen LogP contribution in [0.2, 0.25) is 5.02 Å². The molecule has 120 valence electrons. The first-order chi connectivity index (χ1) is 10.9. The van der Waals surface area contributed by atoms with E-state index in [9.17, 15) is 14.0 Å². The van der Waals surface area contributed by atoms with Gasteiger partial charge >= 0.3 is 5.97 Å². The van der Waals surface area contributed by atoms with Crippen molar-refractivity contribution in [1.82, 2.24) is 4.98 Å². The zero-order chi connectivity index (χ0) is 17.0. The Kier molecular flexibility index (Phi) is 5.28. The lowest BCUT2D eigenvalue weighted by molar-refractivity contribution is -0.138. The minimum Gasteiger partial charge on any atom is -0.468 e. The summed E-state index contributed by atoms with van der Waals surface area (Å²) in [6.07, 6.45) is 0. The van der Waals surface area contributed by atoms with Gasteiger partial charge < -0.3 is 4.74 Å². The van der Waals surface area contributed by atoms with E-state index < -0.39 is 17.7 Å². The molecule has 0 atom stereocenters. The standard InChI is InChI=1S/C16H14ClFN2O3/c1-10-5-3-8-13(19-10)20(9-14(21)23-2)16(22)11-6-4-7-12(18)15(11)17/h3-8H,9H2,1-2H3. The van der Waals surface area contributed by atoms with Gasteiger partial charge in [-0.1, -0.05) is 23.7 Å². The number of benzene rings is 1. The smallest absolute Gasteiger partial charge is 0.325 e. The molecular weight excluding hydrogens is 323 g/mol. The first-order valence-corrected chi connectivity index (χ1v) is 7.08. The zero-order valence-electron chi connectivity index (χ0n) is 12.5. The van der Waals surface area contributed by atoms with Crippen molar-refractivity contribution in [2.24, 2.45) is 0 Å². The number of pyridine rings is 1. The molecule has 0 aliphatic rings. The molecule has 0 aliphatic carbocycles. The van der Waals surface area contributed by atoms with E-state index in [4.69, 9.17) is 11.6 Å². The van der Waals surface area contributed by atoms with Gasteiger partial charge in [0, 0.05) is 5.69 Å². The summed E-state index contributed by atoms with van der Waals surface area (Å²) in [7, 11) is 1.21. The molecule has 0 unspecified atom stereocenters. The third-order valence-corrected chi connectivity index (χ3v) is 3.48. The molecule has 0 bridgehead atoms. The van der Waals surface area contributed by atoms with E-state index in [-0.39, 0.29) is 22.9 Å². The second kappa shape index (κ2) is 7.19. The number of rotatable bonds is 4. The molecule has 0 N–H and O–H groups in total. The summed E-state index contributed by atoms with van der Waals surface area (Å²) in [5, 5.41) is -0.306. The second-order valence-electron chi connectivity index (χ2n) is 4.71. The van der Waals surface area contributed by atoms with E-state index in [2.05, 4.69) is 9.72 Å². The van der Waals surface area contributed by atoms with Gasteiger partial charge in [0.15, 0.2) is 0 Å². The number of ether oxygens (including phenoxy) is 1. The second-order valence-corrected chi connectivity index (χ2v) is 5.08. The molecule has 5 nitrogen and oxygen atoms in total. The number of aromatic nitrogens is 1. The normalized spacial score (nSPS) is 10.3. The Morgan fingerprint density at radius 3 is 2.61 bits per heavy atom. The van der Waals surface area contributed by atoms with Crippen molar-refractivity contribution >= 4 is 29.3 Å². The fourth-order valence-corrected chi connectivity index (χ4v) is 2.15. The SMILES string of the molecule is COC(=O)CN(C(=O)c1cccc(F)c1Cl)c1cccc(C)n1. The maximum atomic E-state index is 13.6. The Morgan fingerprint density at radius 2 is 1.96 bits per heavy atom. The molecule has 0 radical (unpaired) electrons. The minimum absolute atomic E-state index is 0.0566. The lowest BCUT2D eigenvalue weighted by Gasteiger charge is -2.21. The highest BCUT2D eigenvalue weighted by atomic mass is 35.5. The van der Waals surface area contributed by atoms with Crippen LogP contribution in [0.5, 0.6) is 0 Å². The average molecular weight is 337 g/mol. The number of carbonyl (C=O) groups is 2. The van der Waals surface area contributed by atoms with Crippen molar-refractivity contribution < 1.29 is 18.7 Å². The summed E-state index contributed by atoms with van der Waals surface area (Å²) in [6, 6.07) is 8.92. The molecule has 1 aromatic heterocycles. The van der Waals surface area contributed by atoms with Gasteiger partial charge in [-0.3, -0.25) is 14.5 Å². The molecule has 23 heavy (non-hydrogen) atoms. The Bertz CT molecular complexity index is 752. The number of hydrogen-bond acceptors (Lipinski definition) is 4. The molecule has 0 saturated carbocycles. The highest BCUT2D eigenvalue weighted by molar-refractivity contribution is 6.34. The highest BCUT2D eigenvalue weighted by Crippen LogP contribution is 2.23. The third kappa shape index (κ3) is 3.84. The zero-order valence-corrected chi connectivity index (χ0v) is 13.3. The van der Waals surface area contributed by atoms with Gasteiger partial charge in [0.2, 0.25) is 0 Å². The van der Waals surface area contributed by atoms with Gasteiger partial charge in [0.05, 0.1) is 17.7 Å². The third-order valence-electron chi connectivity index (χ3n) is 3.09. The van der Waals surface area contributed by atoms with E-state index >= 15 is 0 Å². The molecule has 0 saturated heterocycles. The van der Waals surface area contributed by atoms with Crippen LogP contribution in [0.15, 0.2) is 36.4 Å². The fraction of sp³-hybridized carbons (Fsp3) is 0.188. The number of carbonyl (C=O) groups excluding carboxylic acids is 2. The summed E-state index contributed by atoms with van der Waals surface area (Å²) >= 11 is 5.86. The predicted octanol–water partition coefficient (Wildman–Crippen LogP) is 3.00. The topological polar surface area (TPSA) is 59.5 Å². The number of nitrogens with zero attached hydrogens (tertiary/aromatic N) is 2. The molecule has 0 aliphatic heterocycles. The van der Waals surface area contributed by atoms with E-state index in [1.165, 1.54) is 19.2 Å². The Hall–Kier alpha value is -2.47. The van der Waals surface area contributed by atoms with Gasteiger partial charge in [-0.25, -0.2) is 9.37 Å². The number of esters is 1. The van der Waals surface area contributed by atoms with Crippen molar-refractivity contribution in [2.45, 2.75) is 6.92 Å². The van der Waals surface area contributed by atoms with Crippen molar-refractivity contribution in [1.29, 1.82) is 0 Å². The van der Waals surface area contributed by atoms with Crippen LogP contribution in [0.4, 0.5) is 10.2 Å².